The molecule has 1 aliphatic rings. The number of pyridine rings is 1. The van der Waals surface area contributed by atoms with Crippen molar-refractivity contribution in [2.45, 2.75) is 25.8 Å². The highest BCUT2D eigenvalue weighted by Gasteiger charge is 2.45. The van der Waals surface area contributed by atoms with Crippen molar-refractivity contribution < 1.29 is 19.1 Å². The number of carbonyl (C=O) groups is 3. The van der Waals surface area contributed by atoms with Crippen LogP contribution in [0.5, 0.6) is 5.75 Å². The van der Waals surface area contributed by atoms with Gasteiger partial charge in [0.25, 0.3) is 11.8 Å². The number of hydrogen-bond acceptors (Lipinski definition) is 5. The predicted molar refractivity (Wildman–Crippen MR) is 142 cm³/mol. The molecule has 5 rings (SSSR count). The van der Waals surface area contributed by atoms with Gasteiger partial charge in [-0.3, -0.25) is 24.3 Å². The highest BCUT2D eigenvalue weighted by atomic mass is 16.5. The molecule has 1 N–H and O–H groups in total. The minimum atomic E-state index is -1.02. The molecule has 2 atom stereocenters. The summed E-state index contributed by atoms with van der Waals surface area (Å²) >= 11 is 0. The Hall–Kier alpha value is -4.52. The molecule has 0 aliphatic carbocycles. The van der Waals surface area contributed by atoms with Crippen LogP contribution in [0.15, 0.2) is 85.1 Å². The minimum absolute atomic E-state index is 0.316. The summed E-state index contributed by atoms with van der Waals surface area (Å²) in [6.45, 7) is 1.96. The van der Waals surface area contributed by atoms with Gasteiger partial charge in [-0.1, -0.05) is 55.8 Å². The number of carbonyl (C=O) groups excluding carboxylic acids is 3. The summed E-state index contributed by atoms with van der Waals surface area (Å²) in [6.07, 6.45) is 2.74. The molecule has 3 aromatic carbocycles. The molecular formula is C30H27N3O4. The Morgan fingerprint density at radius 2 is 1.59 bits per heavy atom. The van der Waals surface area contributed by atoms with Crippen molar-refractivity contribution >= 4 is 34.3 Å². The lowest BCUT2D eigenvalue weighted by molar-refractivity contribution is -0.121. The van der Waals surface area contributed by atoms with Crippen molar-refractivity contribution in [3.63, 3.8) is 0 Å². The van der Waals surface area contributed by atoms with E-state index in [4.69, 9.17) is 4.74 Å². The van der Waals surface area contributed by atoms with Crippen molar-refractivity contribution in [1.82, 2.24) is 9.88 Å². The number of nitrogens with one attached hydrogen (secondary N) is 1. The Bertz CT molecular complexity index is 1440. The third-order valence-corrected chi connectivity index (χ3v) is 6.89. The molecular weight excluding hydrogens is 466 g/mol. The Balaban J connectivity index is 1.53. The lowest BCUT2D eigenvalue weighted by atomic mass is 9.88. The van der Waals surface area contributed by atoms with Crippen LogP contribution in [0.25, 0.3) is 10.9 Å². The van der Waals surface area contributed by atoms with E-state index in [1.165, 1.54) is 0 Å². The van der Waals surface area contributed by atoms with Crippen molar-refractivity contribution in [2.75, 3.05) is 12.4 Å². The fraction of sp³-hybridized carbons (Fsp3) is 0.200. The first-order valence-corrected chi connectivity index (χ1v) is 12.3. The van der Waals surface area contributed by atoms with E-state index in [-0.39, 0.29) is 5.92 Å². The van der Waals surface area contributed by atoms with Crippen LogP contribution in [0, 0.1) is 5.92 Å². The molecule has 0 saturated heterocycles. The van der Waals surface area contributed by atoms with E-state index in [1.54, 1.807) is 43.6 Å². The number of imide groups is 1. The van der Waals surface area contributed by atoms with E-state index in [0.717, 1.165) is 21.6 Å². The highest BCUT2D eigenvalue weighted by molar-refractivity contribution is 6.23. The van der Waals surface area contributed by atoms with E-state index < -0.39 is 23.8 Å². The van der Waals surface area contributed by atoms with Gasteiger partial charge in [0.05, 0.1) is 29.4 Å². The zero-order valence-corrected chi connectivity index (χ0v) is 20.7. The SMILES string of the molecule is CC[C@H](Cc1ccc(OC)cc1)C(C(=O)Nc1cccc2cccnc12)N1C(=O)c2ccccc2C1=O. The van der Waals surface area contributed by atoms with Crippen molar-refractivity contribution in [3.8, 4) is 5.75 Å². The van der Waals surface area contributed by atoms with E-state index in [9.17, 15) is 14.4 Å². The van der Waals surface area contributed by atoms with Gasteiger partial charge in [0.15, 0.2) is 0 Å². The van der Waals surface area contributed by atoms with Crippen LogP contribution in [0.3, 0.4) is 0 Å². The fourth-order valence-corrected chi connectivity index (χ4v) is 4.96. The van der Waals surface area contributed by atoms with Crippen LogP contribution < -0.4 is 10.1 Å². The quantitative estimate of drug-likeness (QED) is 0.345. The Morgan fingerprint density at radius 3 is 2.24 bits per heavy atom. The average Bonchev–Trinajstić information content (AvgIpc) is 3.18. The molecule has 1 unspecified atom stereocenters. The topological polar surface area (TPSA) is 88.6 Å². The zero-order valence-electron chi connectivity index (χ0n) is 20.7. The first-order chi connectivity index (χ1) is 18.0. The molecule has 0 radical (unpaired) electrons. The average molecular weight is 494 g/mol. The van der Waals surface area contributed by atoms with E-state index >= 15 is 0 Å². The second kappa shape index (κ2) is 10.2. The third-order valence-electron chi connectivity index (χ3n) is 6.89. The summed E-state index contributed by atoms with van der Waals surface area (Å²) < 4.78 is 5.27. The summed E-state index contributed by atoms with van der Waals surface area (Å²) in [6, 6.07) is 22.6. The second-order valence-corrected chi connectivity index (χ2v) is 9.06. The van der Waals surface area contributed by atoms with Crippen molar-refractivity contribution in [1.29, 1.82) is 0 Å². The molecule has 4 aromatic rings. The summed E-state index contributed by atoms with van der Waals surface area (Å²) in [5.74, 6) is -0.920. The van der Waals surface area contributed by atoms with Crippen LogP contribution in [0.2, 0.25) is 0 Å². The number of benzene rings is 3. The number of rotatable bonds is 8. The number of amides is 3. The molecule has 7 nitrogen and oxygen atoms in total. The molecule has 186 valence electrons. The summed E-state index contributed by atoms with van der Waals surface area (Å²) in [5.41, 5.74) is 2.79. The number of nitrogens with zero attached hydrogens (tertiary/aromatic N) is 2. The van der Waals surface area contributed by atoms with Gasteiger partial charge in [-0.2, -0.15) is 0 Å². The molecule has 3 amide bonds. The first kappa shape index (κ1) is 24.2. The van der Waals surface area contributed by atoms with Crippen LogP contribution in [0.1, 0.15) is 39.6 Å². The summed E-state index contributed by atoms with van der Waals surface area (Å²) in [5, 5.41) is 3.86. The first-order valence-electron chi connectivity index (χ1n) is 12.3. The largest absolute Gasteiger partial charge is 0.497 e. The minimum Gasteiger partial charge on any atom is -0.497 e. The van der Waals surface area contributed by atoms with Gasteiger partial charge < -0.3 is 10.1 Å². The molecule has 0 saturated carbocycles. The smallest absolute Gasteiger partial charge is 0.262 e. The lowest BCUT2D eigenvalue weighted by Crippen LogP contribution is -2.51. The van der Waals surface area contributed by atoms with Gasteiger partial charge in [0, 0.05) is 11.6 Å². The van der Waals surface area contributed by atoms with Gasteiger partial charge in [-0.25, -0.2) is 0 Å². The van der Waals surface area contributed by atoms with Gasteiger partial charge >= 0.3 is 0 Å². The number of para-hydroxylation sites is 1. The summed E-state index contributed by atoms with van der Waals surface area (Å²) in [4.78, 5) is 46.5. The Morgan fingerprint density at radius 1 is 0.919 bits per heavy atom. The maximum absolute atomic E-state index is 14.0. The molecule has 0 spiro atoms. The Kier molecular flexibility index (Phi) is 6.68. The highest BCUT2D eigenvalue weighted by Crippen LogP contribution is 2.31. The molecule has 7 heteroatoms. The molecule has 1 aliphatic heterocycles. The number of anilines is 1. The van der Waals surface area contributed by atoms with Gasteiger partial charge in [-0.05, 0) is 54.3 Å². The zero-order chi connectivity index (χ0) is 25.9. The Labute approximate surface area is 215 Å². The van der Waals surface area contributed by atoms with Crippen LogP contribution in [0.4, 0.5) is 5.69 Å². The number of hydrogen-bond donors (Lipinski definition) is 1. The standard InChI is InChI=1S/C30H27N3O4/c1-3-20(18-19-13-15-22(37-2)16-14-19)27(33-29(35)23-10-4-5-11-24(23)30(33)36)28(34)32-25-12-6-8-21-9-7-17-31-26(21)25/h4-17,20,27H,3,18H2,1-2H3,(H,32,34)/t20-,27?/m1/s1. The van der Waals surface area contributed by atoms with Gasteiger partial charge in [-0.15, -0.1) is 0 Å². The lowest BCUT2D eigenvalue weighted by Gasteiger charge is -2.32. The molecule has 0 fully saturated rings. The van der Waals surface area contributed by atoms with Crippen LogP contribution >= 0.6 is 0 Å². The van der Waals surface area contributed by atoms with E-state index in [0.29, 0.717) is 35.2 Å². The molecule has 37 heavy (non-hydrogen) atoms. The number of methoxy groups -OCH3 is 1. The molecule has 0 bridgehead atoms. The van der Waals surface area contributed by atoms with Gasteiger partial charge in [0.2, 0.25) is 5.91 Å². The van der Waals surface area contributed by atoms with Crippen LogP contribution in [-0.2, 0) is 11.2 Å². The second-order valence-electron chi connectivity index (χ2n) is 9.06. The number of fused-ring (bicyclic) bond motifs is 2. The summed E-state index contributed by atoms with van der Waals surface area (Å²) in [7, 11) is 1.61. The maximum Gasteiger partial charge on any atom is 0.262 e. The number of aromatic nitrogens is 1. The fourth-order valence-electron chi connectivity index (χ4n) is 4.96. The number of ether oxygens (including phenoxy) is 1. The van der Waals surface area contributed by atoms with E-state index in [1.807, 2.05) is 55.5 Å². The van der Waals surface area contributed by atoms with Crippen molar-refractivity contribution in [2.24, 2.45) is 5.92 Å². The molecule has 1 aromatic heterocycles. The van der Waals surface area contributed by atoms with Crippen LogP contribution in [-0.4, -0.2) is 40.8 Å². The predicted octanol–water partition coefficient (Wildman–Crippen LogP) is 5.12. The third kappa shape index (κ3) is 4.56. The maximum atomic E-state index is 14.0. The van der Waals surface area contributed by atoms with Gasteiger partial charge in [0.1, 0.15) is 11.8 Å². The molecule has 2 heterocycles. The monoisotopic (exact) mass is 493 g/mol. The van der Waals surface area contributed by atoms with Crippen molar-refractivity contribution in [3.05, 3.63) is 102 Å². The normalized spacial score (nSPS) is 14.4. The van der Waals surface area contributed by atoms with E-state index in [2.05, 4.69) is 10.3 Å².